The van der Waals surface area contributed by atoms with Crippen molar-refractivity contribution in [3.05, 3.63) is 84.8 Å². The highest BCUT2D eigenvalue weighted by Crippen LogP contribution is 2.26. The Morgan fingerprint density at radius 2 is 1.65 bits per heavy atom. The molecular formula is C21H16N2O3. The molecule has 0 aliphatic carbocycles. The number of nitrogens with zero attached hydrogens (tertiary/aromatic N) is 1. The smallest absolute Gasteiger partial charge is 0.233 e. The third-order valence-corrected chi connectivity index (χ3v) is 3.75. The van der Waals surface area contributed by atoms with Crippen molar-refractivity contribution < 1.29 is 13.9 Å². The van der Waals surface area contributed by atoms with Crippen LogP contribution in [-0.4, -0.2) is 10.9 Å². The number of nitrogens with one attached hydrogen (secondary N) is 1. The molecular weight excluding hydrogens is 328 g/mol. The fourth-order valence-corrected chi connectivity index (χ4v) is 2.58. The maximum Gasteiger partial charge on any atom is 0.233 e. The van der Waals surface area contributed by atoms with Gasteiger partial charge in [0.15, 0.2) is 5.58 Å². The first-order valence-corrected chi connectivity index (χ1v) is 8.23. The van der Waals surface area contributed by atoms with Crippen molar-refractivity contribution in [3.8, 4) is 11.5 Å². The number of carbonyl (C=O) groups excluding carboxylic acids is 1. The van der Waals surface area contributed by atoms with Crippen molar-refractivity contribution in [2.24, 2.45) is 0 Å². The van der Waals surface area contributed by atoms with Gasteiger partial charge in [-0.15, -0.1) is 0 Å². The molecule has 1 N–H and O–H groups in total. The summed E-state index contributed by atoms with van der Waals surface area (Å²) in [5.74, 6) is 1.60. The third kappa shape index (κ3) is 3.72. The van der Waals surface area contributed by atoms with E-state index in [4.69, 9.17) is 9.15 Å². The lowest BCUT2D eigenvalue weighted by molar-refractivity contribution is -0.115. The Balaban J connectivity index is 1.48. The third-order valence-electron chi connectivity index (χ3n) is 3.75. The molecule has 0 atom stereocenters. The van der Waals surface area contributed by atoms with Crippen LogP contribution in [0.1, 0.15) is 5.89 Å². The van der Waals surface area contributed by atoms with Gasteiger partial charge in [-0.3, -0.25) is 4.79 Å². The Bertz CT molecular complexity index is 1030. The van der Waals surface area contributed by atoms with Crippen LogP contribution in [0.3, 0.4) is 0 Å². The molecule has 0 bridgehead atoms. The molecule has 0 radical (unpaired) electrons. The van der Waals surface area contributed by atoms with Gasteiger partial charge in [-0.1, -0.05) is 36.4 Å². The van der Waals surface area contributed by atoms with Crippen molar-refractivity contribution in [2.45, 2.75) is 6.42 Å². The Morgan fingerprint density at radius 1 is 0.923 bits per heavy atom. The van der Waals surface area contributed by atoms with Crippen LogP contribution in [0.15, 0.2) is 83.3 Å². The van der Waals surface area contributed by atoms with Gasteiger partial charge in [0.25, 0.3) is 0 Å². The average Bonchev–Trinajstić information content (AvgIpc) is 3.04. The number of oxazole rings is 1. The van der Waals surface area contributed by atoms with E-state index in [-0.39, 0.29) is 12.3 Å². The SMILES string of the molecule is O=C(Cc1nc2cc(Oc3ccccc3)ccc2o1)Nc1ccccc1. The normalized spacial score (nSPS) is 10.6. The van der Waals surface area contributed by atoms with Crippen LogP contribution >= 0.6 is 0 Å². The molecule has 4 aromatic rings. The molecule has 0 spiro atoms. The fraction of sp³-hybridized carbons (Fsp3) is 0.0476. The van der Waals surface area contributed by atoms with E-state index in [1.165, 1.54) is 0 Å². The van der Waals surface area contributed by atoms with Crippen molar-refractivity contribution in [2.75, 3.05) is 5.32 Å². The number of amides is 1. The van der Waals surface area contributed by atoms with Gasteiger partial charge < -0.3 is 14.5 Å². The highest BCUT2D eigenvalue weighted by Gasteiger charge is 2.12. The second-order valence-electron chi connectivity index (χ2n) is 5.74. The molecule has 26 heavy (non-hydrogen) atoms. The van der Waals surface area contributed by atoms with E-state index in [2.05, 4.69) is 10.3 Å². The van der Waals surface area contributed by atoms with Gasteiger partial charge in [-0.2, -0.15) is 0 Å². The summed E-state index contributed by atoms with van der Waals surface area (Å²) in [5.41, 5.74) is 2.01. The lowest BCUT2D eigenvalue weighted by Crippen LogP contribution is -2.14. The largest absolute Gasteiger partial charge is 0.457 e. The molecule has 5 nitrogen and oxygen atoms in total. The molecule has 1 aromatic heterocycles. The molecule has 0 saturated heterocycles. The topological polar surface area (TPSA) is 64.4 Å². The van der Waals surface area contributed by atoms with Gasteiger partial charge in [-0.25, -0.2) is 4.98 Å². The van der Waals surface area contributed by atoms with E-state index in [9.17, 15) is 4.79 Å². The summed E-state index contributed by atoms with van der Waals surface area (Å²) in [6.07, 6.45) is 0.0679. The maximum atomic E-state index is 12.1. The number of anilines is 1. The van der Waals surface area contributed by atoms with Crippen molar-refractivity contribution >= 4 is 22.7 Å². The summed E-state index contributed by atoms with van der Waals surface area (Å²) in [6.45, 7) is 0. The minimum Gasteiger partial charge on any atom is -0.457 e. The highest BCUT2D eigenvalue weighted by molar-refractivity contribution is 5.92. The Morgan fingerprint density at radius 3 is 2.42 bits per heavy atom. The number of ether oxygens (including phenoxy) is 1. The van der Waals surface area contributed by atoms with E-state index < -0.39 is 0 Å². The lowest BCUT2D eigenvalue weighted by Gasteiger charge is -2.04. The molecule has 3 aromatic carbocycles. The molecule has 1 amide bonds. The number of para-hydroxylation sites is 2. The first-order chi connectivity index (χ1) is 12.8. The number of hydrogen-bond acceptors (Lipinski definition) is 4. The van der Waals surface area contributed by atoms with E-state index >= 15 is 0 Å². The number of carbonyl (C=O) groups is 1. The summed E-state index contributed by atoms with van der Waals surface area (Å²) in [4.78, 5) is 16.5. The molecule has 5 heteroatoms. The van der Waals surface area contributed by atoms with Crippen molar-refractivity contribution in [1.82, 2.24) is 4.98 Å². The van der Waals surface area contributed by atoms with Crippen LogP contribution in [0.2, 0.25) is 0 Å². The second kappa shape index (κ2) is 7.11. The monoisotopic (exact) mass is 344 g/mol. The number of hydrogen-bond donors (Lipinski definition) is 1. The van der Waals surface area contributed by atoms with E-state index in [0.29, 0.717) is 22.7 Å². The molecule has 0 aliphatic rings. The minimum absolute atomic E-state index is 0.0679. The standard InChI is InChI=1S/C21H16N2O3/c24-20(22-15-7-3-1-4-8-15)14-21-23-18-13-17(11-12-19(18)26-21)25-16-9-5-2-6-10-16/h1-13H,14H2,(H,22,24). The van der Waals surface area contributed by atoms with Crippen LogP contribution in [0.5, 0.6) is 11.5 Å². The van der Waals surface area contributed by atoms with Crippen LogP contribution < -0.4 is 10.1 Å². The number of rotatable bonds is 5. The van der Waals surface area contributed by atoms with Crippen LogP contribution in [0.4, 0.5) is 5.69 Å². The summed E-state index contributed by atoms with van der Waals surface area (Å²) < 4.78 is 11.4. The first kappa shape index (κ1) is 15.9. The predicted molar refractivity (Wildman–Crippen MR) is 99.3 cm³/mol. The highest BCUT2D eigenvalue weighted by atomic mass is 16.5. The van der Waals surface area contributed by atoms with Gasteiger partial charge in [0.1, 0.15) is 23.4 Å². The Kier molecular flexibility index (Phi) is 4.35. The van der Waals surface area contributed by atoms with Gasteiger partial charge in [0.2, 0.25) is 11.8 Å². The zero-order valence-corrected chi connectivity index (χ0v) is 13.9. The summed E-state index contributed by atoms with van der Waals surface area (Å²) in [7, 11) is 0. The van der Waals surface area contributed by atoms with Crippen LogP contribution in [0, 0.1) is 0 Å². The van der Waals surface area contributed by atoms with Crippen LogP contribution in [0.25, 0.3) is 11.1 Å². The molecule has 1 heterocycles. The average molecular weight is 344 g/mol. The first-order valence-electron chi connectivity index (χ1n) is 8.23. The molecule has 0 aliphatic heterocycles. The zero-order valence-electron chi connectivity index (χ0n) is 13.9. The van der Waals surface area contributed by atoms with E-state index in [1.54, 1.807) is 12.1 Å². The van der Waals surface area contributed by atoms with Gasteiger partial charge >= 0.3 is 0 Å². The minimum atomic E-state index is -0.177. The van der Waals surface area contributed by atoms with Gasteiger partial charge in [-0.05, 0) is 36.4 Å². The fourth-order valence-electron chi connectivity index (χ4n) is 2.58. The number of benzene rings is 3. The lowest BCUT2D eigenvalue weighted by atomic mass is 10.3. The van der Waals surface area contributed by atoms with Crippen molar-refractivity contribution in [1.29, 1.82) is 0 Å². The molecule has 0 saturated carbocycles. The van der Waals surface area contributed by atoms with Gasteiger partial charge in [0, 0.05) is 11.8 Å². The summed E-state index contributed by atoms with van der Waals surface area (Å²) >= 11 is 0. The Labute approximate surface area is 150 Å². The van der Waals surface area contributed by atoms with E-state index in [0.717, 1.165) is 11.4 Å². The van der Waals surface area contributed by atoms with Gasteiger partial charge in [0.05, 0.1) is 0 Å². The molecule has 0 unspecified atom stereocenters. The maximum absolute atomic E-state index is 12.1. The van der Waals surface area contributed by atoms with Crippen LogP contribution in [-0.2, 0) is 11.2 Å². The number of fused-ring (bicyclic) bond motifs is 1. The molecule has 128 valence electrons. The van der Waals surface area contributed by atoms with Crippen molar-refractivity contribution in [3.63, 3.8) is 0 Å². The predicted octanol–water partition coefficient (Wildman–Crippen LogP) is 4.80. The zero-order chi connectivity index (χ0) is 17.8. The summed E-state index contributed by atoms with van der Waals surface area (Å²) in [5, 5.41) is 2.82. The molecule has 4 rings (SSSR count). The Hall–Kier alpha value is -3.60. The number of aromatic nitrogens is 1. The molecule has 0 fully saturated rings. The quantitative estimate of drug-likeness (QED) is 0.565. The summed E-state index contributed by atoms with van der Waals surface area (Å²) in [6, 6.07) is 24.2. The second-order valence-corrected chi connectivity index (χ2v) is 5.74. The van der Waals surface area contributed by atoms with E-state index in [1.807, 2.05) is 66.7 Å².